The van der Waals surface area contributed by atoms with Crippen LogP contribution in [-0.2, 0) is 13.1 Å². The van der Waals surface area contributed by atoms with Crippen molar-refractivity contribution in [2.24, 2.45) is 0 Å². The van der Waals surface area contributed by atoms with Gasteiger partial charge in [0.25, 0.3) is 5.69 Å². The summed E-state index contributed by atoms with van der Waals surface area (Å²) in [6.07, 6.45) is 2.42. The van der Waals surface area contributed by atoms with E-state index in [1.807, 2.05) is 0 Å². The van der Waals surface area contributed by atoms with Crippen molar-refractivity contribution in [2.45, 2.75) is 32.0 Å². The quantitative estimate of drug-likeness (QED) is 0.620. The van der Waals surface area contributed by atoms with Crippen LogP contribution in [0.3, 0.4) is 0 Å². The third-order valence-electron chi connectivity index (χ3n) is 3.21. The highest BCUT2D eigenvalue weighted by atomic mass is 16.6. The summed E-state index contributed by atoms with van der Waals surface area (Å²) in [5.41, 5.74) is 1.01. The van der Waals surface area contributed by atoms with Crippen molar-refractivity contribution in [1.29, 1.82) is 0 Å². The van der Waals surface area contributed by atoms with E-state index in [1.165, 1.54) is 25.0 Å². The van der Waals surface area contributed by atoms with E-state index in [0.29, 0.717) is 19.1 Å². The number of aromatic nitrogens is 4. The Morgan fingerprint density at radius 1 is 1.35 bits per heavy atom. The lowest BCUT2D eigenvalue weighted by Crippen LogP contribution is -2.19. The smallest absolute Gasteiger partial charge is 0.269 e. The largest absolute Gasteiger partial charge is 0.307 e. The highest BCUT2D eigenvalue weighted by molar-refractivity contribution is 5.32. The van der Waals surface area contributed by atoms with Crippen molar-refractivity contribution < 1.29 is 4.92 Å². The van der Waals surface area contributed by atoms with Crippen LogP contribution >= 0.6 is 0 Å². The summed E-state index contributed by atoms with van der Waals surface area (Å²) < 4.78 is 1.70. The second kappa shape index (κ2) is 5.33. The molecule has 1 saturated carbocycles. The average molecular weight is 274 g/mol. The number of nitrogens with one attached hydrogen (secondary N) is 1. The van der Waals surface area contributed by atoms with E-state index in [9.17, 15) is 10.1 Å². The summed E-state index contributed by atoms with van der Waals surface area (Å²) in [5, 5.41) is 25.6. The normalized spacial score (nSPS) is 14.4. The molecule has 1 fully saturated rings. The van der Waals surface area contributed by atoms with Crippen molar-refractivity contribution in [3.8, 4) is 0 Å². The topological polar surface area (TPSA) is 98.8 Å². The standard InChI is InChI=1S/C12H14N6O2/c19-18(20)11-5-1-9(2-6-11)8-17-12(14-15-16-17)7-13-10-3-4-10/h1-2,5-6,10,13H,3-4,7-8H2. The Morgan fingerprint density at radius 2 is 2.10 bits per heavy atom. The van der Waals surface area contributed by atoms with E-state index in [4.69, 9.17) is 0 Å². The van der Waals surface area contributed by atoms with Gasteiger partial charge in [-0.25, -0.2) is 4.68 Å². The number of rotatable bonds is 6. The van der Waals surface area contributed by atoms with Gasteiger partial charge in [-0.1, -0.05) is 12.1 Å². The van der Waals surface area contributed by atoms with Crippen LogP contribution in [0.2, 0.25) is 0 Å². The van der Waals surface area contributed by atoms with E-state index in [0.717, 1.165) is 11.4 Å². The lowest BCUT2D eigenvalue weighted by Gasteiger charge is -2.05. The zero-order chi connectivity index (χ0) is 13.9. The maximum absolute atomic E-state index is 10.6. The third kappa shape index (κ3) is 2.97. The number of tetrazole rings is 1. The molecule has 0 aliphatic heterocycles. The SMILES string of the molecule is O=[N+]([O-])c1ccc(Cn2nnnc2CNC2CC2)cc1. The molecule has 1 aliphatic carbocycles. The Morgan fingerprint density at radius 3 is 2.75 bits per heavy atom. The molecule has 8 heteroatoms. The van der Waals surface area contributed by atoms with Crippen LogP contribution in [0, 0.1) is 10.1 Å². The zero-order valence-electron chi connectivity index (χ0n) is 10.8. The van der Waals surface area contributed by atoms with Crippen LogP contribution in [0.4, 0.5) is 5.69 Å². The monoisotopic (exact) mass is 274 g/mol. The molecule has 1 aromatic heterocycles. The van der Waals surface area contributed by atoms with E-state index in [1.54, 1.807) is 16.8 Å². The number of nitrogens with zero attached hydrogens (tertiary/aromatic N) is 5. The van der Waals surface area contributed by atoms with Crippen LogP contribution in [0.25, 0.3) is 0 Å². The van der Waals surface area contributed by atoms with Gasteiger partial charge in [-0.2, -0.15) is 0 Å². The fourth-order valence-corrected chi connectivity index (χ4v) is 1.89. The summed E-state index contributed by atoms with van der Waals surface area (Å²) in [4.78, 5) is 10.2. The molecular formula is C12H14N6O2. The first-order valence-electron chi connectivity index (χ1n) is 6.44. The molecule has 1 aromatic carbocycles. The predicted octanol–water partition coefficient (Wildman–Crippen LogP) is 0.882. The molecule has 0 atom stereocenters. The fraction of sp³-hybridized carbons (Fsp3) is 0.417. The van der Waals surface area contributed by atoms with Gasteiger partial charge in [0.1, 0.15) is 0 Å². The maximum atomic E-state index is 10.6. The molecule has 0 bridgehead atoms. The molecule has 3 rings (SSSR count). The number of non-ortho nitro benzene ring substituents is 1. The molecule has 1 heterocycles. The average Bonchev–Trinajstić information content (AvgIpc) is 3.18. The van der Waals surface area contributed by atoms with Crippen molar-refractivity contribution in [3.05, 3.63) is 45.8 Å². The summed E-state index contributed by atoms with van der Waals surface area (Å²) in [6, 6.07) is 7.01. The predicted molar refractivity (Wildman–Crippen MR) is 69.9 cm³/mol. The van der Waals surface area contributed by atoms with Crippen LogP contribution in [0.5, 0.6) is 0 Å². The van der Waals surface area contributed by atoms with Gasteiger partial charge in [-0.3, -0.25) is 10.1 Å². The first kappa shape index (κ1) is 12.7. The van der Waals surface area contributed by atoms with E-state index in [-0.39, 0.29) is 5.69 Å². The number of hydrogen-bond donors (Lipinski definition) is 1. The molecule has 104 valence electrons. The van der Waals surface area contributed by atoms with Crippen molar-refractivity contribution in [3.63, 3.8) is 0 Å². The van der Waals surface area contributed by atoms with Crippen LogP contribution in [0.15, 0.2) is 24.3 Å². The lowest BCUT2D eigenvalue weighted by atomic mass is 10.2. The van der Waals surface area contributed by atoms with E-state index in [2.05, 4.69) is 20.8 Å². The Kier molecular flexibility index (Phi) is 3.38. The second-order valence-corrected chi connectivity index (χ2v) is 4.83. The Hall–Kier alpha value is -2.35. The molecule has 0 spiro atoms. The Bertz CT molecular complexity index is 605. The number of nitro benzene ring substituents is 1. The summed E-state index contributed by atoms with van der Waals surface area (Å²) in [7, 11) is 0. The van der Waals surface area contributed by atoms with Gasteiger partial charge in [0.2, 0.25) is 0 Å². The summed E-state index contributed by atoms with van der Waals surface area (Å²) in [6.45, 7) is 1.15. The summed E-state index contributed by atoms with van der Waals surface area (Å²) in [5.74, 6) is 0.773. The maximum Gasteiger partial charge on any atom is 0.269 e. The third-order valence-corrected chi connectivity index (χ3v) is 3.21. The molecule has 2 aromatic rings. The number of nitro groups is 1. The summed E-state index contributed by atoms with van der Waals surface area (Å²) >= 11 is 0. The molecule has 0 saturated heterocycles. The van der Waals surface area contributed by atoms with Gasteiger partial charge in [0.05, 0.1) is 18.0 Å². The minimum Gasteiger partial charge on any atom is -0.307 e. The fourth-order valence-electron chi connectivity index (χ4n) is 1.89. The van der Waals surface area contributed by atoms with Crippen molar-refractivity contribution >= 4 is 5.69 Å². The molecule has 0 unspecified atom stereocenters. The van der Waals surface area contributed by atoms with Crippen molar-refractivity contribution in [2.75, 3.05) is 0 Å². The van der Waals surface area contributed by atoms with Crippen LogP contribution in [0.1, 0.15) is 24.2 Å². The van der Waals surface area contributed by atoms with Gasteiger partial charge < -0.3 is 5.32 Å². The lowest BCUT2D eigenvalue weighted by molar-refractivity contribution is -0.384. The van der Waals surface area contributed by atoms with Gasteiger partial charge in [-0.05, 0) is 28.8 Å². The van der Waals surface area contributed by atoms with Gasteiger partial charge >= 0.3 is 0 Å². The second-order valence-electron chi connectivity index (χ2n) is 4.83. The van der Waals surface area contributed by atoms with Crippen molar-refractivity contribution in [1.82, 2.24) is 25.5 Å². The van der Waals surface area contributed by atoms with E-state index < -0.39 is 4.92 Å². The van der Waals surface area contributed by atoms with Gasteiger partial charge in [-0.15, -0.1) is 5.10 Å². The molecule has 1 N–H and O–H groups in total. The Labute approximate surface area is 114 Å². The van der Waals surface area contributed by atoms with Gasteiger partial charge in [0, 0.05) is 18.2 Å². The first-order chi connectivity index (χ1) is 9.72. The number of benzene rings is 1. The molecule has 0 radical (unpaired) electrons. The first-order valence-corrected chi connectivity index (χ1v) is 6.44. The van der Waals surface area contributed by atoms with Gasteiger partial charge in [0.15, 0.2) is 5.82 Å². The number of hydrogen-bond acceptors (Lipinski definition) is 6. The van der Waals surface area contributed by atoms with Crippen LogP contribution in [-0.4, -0.2) is 31.2 Å². The van der Waals surface area contributed by atoms with Crippen LogP contribution < -0.4 is 5.32 Å². The molecule has 20 heavy (non-hydrogen) atoms. The molecule has 8 nitrogen and oxygen atoms in total. The molecular weight excluding hydrogens is 260 g/mol. The highest BCUT2D eigenvalue weighted by Gasteiger charge is 2.21. The molecule has 1 aliphatic rings. The zero-order valence-corrected chi connectivity index (χ0v) is 10.8. The Balaban J connectivity index is 1.67. The highest BCUT2D eigenvalue weighted by Crippen LogP contribution is 2.19. The molecule has 0 amide bonds. The minimum absolute atomic E-state index is 0.0843. The van der Waals surface area contributed by atoms with E-state index >= 15 is 0 Å². The minimum atomic E-state index is -0.411.